The van der Waals surface area contributed by atoms with E-state index in [1.54, 1.807) is 16.7 Å². The molecule has 0 amide bonds. The molecule has 4 aliphatic rings. The molecule has 0 saturated heterocycles. The number of H-pyrrole nitrogens is 1. The number of rotatable bonds is 1. The van der Waals surface area contributed by atoms with Crippen LogP contribution in [0.25, 0.3) is 5.57 Å². The number of aliphatic hydroxyl groups excluding tert-OH is 1. The number of aliphatic hydroxyl groups is 1. The minimum absolute atomic E-state index is 0.114. The van der Waals surface area contributed by atoms with Gasteiger partial charge in [0.1, 0.15) is 0 Å². The van der Waals surface area contributed by atoms with Gasteiger partial charge in [0, 0.05) is 11.9 Å². The minimum Gasteiger partial charge on any atom is -0.393 e. The van der Waals surface area contributed by atoms with Gasteiger partial charge in [0.25, 0.3) is 0 Å². The molecule has 2 heteroatoms. The average molecular weight is 366 g/mol. The molecule has 0 bridgehead atoms. The molecule has 0 spiro atoms. The van der Waals surface area contributed by atoms with Gasteiger partial charge in [-0.1, -0.05) is 38.0 Å². The number of hydrogen-bond donors (Lipinski definition) is 2. The fourth-order valence-corrected chi connectivity index (χ4v) is 7.96. The number of aromatic nitrogens is 1. The van der Waals surface area contributed by atoms with Crippen LogP contribution in [-0.4, -0.2) is 16.2 Å². The van der Waals surface area contributed by atoms with Gasteiger partial charge in [0.2, 0.25) is 0 Å². The van der Waals surface area contributed by atoms with Gasteiger partial charge in [0.05, 0.1) is 6.10 Å². The van der Waals surface area contributed by atoms with Gasteiger partial charge in [-0.15, -0.1) is 0 Å². The van der Waals surface area contributed by atoms with Gasteiger partial charge in [-0.05, 0) is 97.7 Å². The number of fused-ring (bicyclic) bond motifs is 5. The van der Waals surface area contributed by atoms with Crippen LogP contribution in [0.4, 0.5) is 0 Å². The molecule has 0 aromatic carbocycles. The Hall–Kier alpha value is -1.28. The minimum atomic E-state index is -0.114. The molecule has 2 N–H and O–H groups in total. The summed E-state index contributed by atoms with van der Waals surface area (Å²) in [6, 6.07) is 4.41. The molecule has 7 atom stereocenters. The third kappa shape index (κ3) is 2.35. The summed E-state index contributed by atoms with van der Waals surface area (Å²) in [5.74, 6) is 2.94. The van der Waals surface area contributed by atoms with Crippen LogP contribution >= 0.6 is 0 Å². The van der Waals surface area contributed by atoms with E-state index in [0.717, 1.165) is 30.6 Å². The number of hydrogen-bond acceptors (Lipinski definition) is 1. The predicted octanol–water partition coefficient (Wildman–Crippen LogP) is 5.97. The summed E-state index contributed by atoms with van der Waals surface area (Å²) in [6.07, 6.45) is 11.5. The van der Waals surface area contributed by atoms with Gasteiger partial charge in [-0.2, -0.15) is 0 Å². The summed E-state index contributed by atoms with van der Waals surface area (Å²) in [7, 11) is 0. The summed E-state index contributed by atoms with van der Waals surface area (Å²) in [6.45, 7) is 9.92. The summed E-state index contributed by atoms with van der Waals surface area (Å²) in [4.78, 5) is 3.51. The fourth-order valence-electron chi connectivity index (χ4n) is 7.96. The van der Waals surface area contributed by atoms with Crippen LogP contribution in [0.15, 0.2) is 35.6 Å². The maximum Gasteiger partial charge on any atom is 0.0577 e. The zero-order valence-corrected chi connectivity index (χ0v) is 17.4. The highest BCUT2D eigenvalue weighted by Gasteiger charge is 2.59. The Morgan fingerprint density at radius 2 is 1.85 bits per heavy atom. The molecule has 2 nitrogen and oxygen atoms in total. The third-order valence-corrected chi connectivity index (χ3v) is 9.19. The monoisotopic (exact) mass is 365 g/mol. The first kappa shape index (κ1) is 17.8. The standard InChI is InChI=1S/C25H35NO/c1-15-12-17-14-18(27)7-9-24(17,3)19-8-10-25(4)20(22(15)19)13-16(2)23(25)21-6-5-11-26-21/h5-6,11-12,15,18-20,22,26-27H,7-10,13-14H2,1-4H3/t15-,18-,19-,20-,22+,24-,25-/m0/s1. The second-order valence-electron chi connectivity index (χ2n) is 10.6. The van der Waals surface area contributed by atoms with Crippen molar-refractivity contribution < 1.29 is 5.11 Å². The normalized spacial score (nSPS) is 46.6. The Kier molecular flexibility index (Phi) is 3.86. The predicted molar refractivity (Wildman–Crippen MR) is 111 cm³/mol. The molecule has 0 aliphatic heterocycles. The molecule has 0 unspecified atom stereocenters. The van der Waals surface area contributed by atoms with Crippen molar-refractivity contribution >= 4 is 5.57 Å². The first-order valence-corrected chi connectivity index (χ1v) is 11.1. The van der Waals surface area contributed by atoms with Crippen molar-refractivity contribution in [1.29, 1.82) is 0 Å². The molecular weight excluding hydrogens is 330 g/mol. The van der Waals surface area contributed by atoms with Crippen LogP contribution < -0.4 is 0 Å². The van der Waals surface area contributed by atoms with Gasteiger partial charge in [0.15, 0.2) is 0 Å². The summed E-state index contributed by atoms with van der Waals surface area (Å²) in [5.41, 5.74) is 6.77. The maximum absolute atomic E-state index is 10.3. The molecule has 0 radical (unpaired) electrons. The van der Waals surface area contributed by atoms with Gasteiger partial charge in [-0.3, -0.25) is 0 Å². The topological polar surface area (TPSA) is 36.0 Å². The molecule has 5 rings (SSSR count). The highest BCUT2D eigenvalue weighted by molar-refractivity contribution is 5.73. The molecule has 2 fully saturated rings. The Morgan fingerprint density at radius 1 is 1.07 bits per heavy atom. The largest absolute Gasteiger partial charge is 0.393 e. The number of aromatic amines is 1. The first-order valence-electron chi connectivity index (χ1n) is 11.1. The Morgan fingerprint density at radius 3 is 2.59 bits per heavy atom. The van der Waals surface area contributed by atoms with E-state index in [1.807, 2.05) is 0 Å². The van der Waals surface area contributed by atoms with Crippen LogP contribution in [0, 0.1) is 34.5 Å². The average Bonchev–Trinajstić information content (AvgIpc) is 3.21. The zero-order valence-electron chi connectivity index (χ0n) is 17.4. The van der Waals surface area contributed by atoms with Crippen LogP contribution in [0.3, 0.4) is 0 Å². The lowest BCUT2D eigenvalue weighted by atomic mass is 9.45. The summed E-state index contributed by atoms with van der Waals surface area (Å²) in [5, 5.41) is 10.3. The molecule has 1 aromatic heterocycles. The molecule has 4 aliphatic carbocycles. The number of nitrogens with one attached hydrogen (secondary N) is 1. The van der Waals surface area contributed by atoms with Gasteiger partial charge in [-0.25, -0.2) is 0 Å². The van der Waals surface area contributed by atoms with Crippen molar-refractivity contribution in [1.82, 2.24) is 4.98 Å². The lowest BCUT2D eigenvalue weighted by molar-refractivity contribution is -0.0429. The van der Waals surface area contributed by atoms with E-state index in [4.69, 9.17) is 0 Å². The quantitative estimate of drug-likeness (QED) is 0.591. The second-order valence-corrected chi connectivity index (χ2v) is 10.6. The molecule has 146 valence electrons. The van der Waals surface area contributed by atoms with Crippen molar-refractivity contribution in [2.45, 2.75) is 72.3 Å². The van der Waals surface area contributed by atoms with E-state index in [9.17, 15) is 5.11 Å². The maximum atomic E-state index is 10.3. The molecule has 27 heavy (non-hydrogen) atoms. The Labute approximate surface area is 164 Å². The van der Waals surface area contributed by atoms with E-state index in [-0.39, 0.29) is 6.10 Å². The van der Waals surface area contributed by atoms with E-state index >= 15 is 0 Å². The Balaban J connectivity index is 1.55. The van der Waals surface area contributed by atoms with Gasteiger partial charge < -0.3 is 10.1 Å². The van der Waals surface area contributed by atoms with Crippen LogP contribution in [-0.2, 0) is 0 Å². The first-order chi connectivity index (χ1) is 12.8. The summed E-state index contributed by atoms with van der Waals surface area (Å²) >= 11 is 0. The van der Waals surface area contributed by atoms with Crippen molar-refractivity contribution in [3.8, 4) is 0 Å². The smallest absolute Gasteiger partial charge is 0.0577 e. The molecular formula is C25H35NO. The van der Waals surface area contributed by atoms with E-state index in [1.165, 1.54) is 31.4 Å². The SMILES string of the molecule is CC1=C(c2ccc[nH]2)[C@@]2(C)CC[C@H]3[C@@H]([C@@H](C)C=C4C[C@@H](O)CC[C@@]43C)[C@@H]2C1. The highest BCUT2D eigenvalue weighted by Crippen LogP contribution is 2.68. The summed E-state index contributed by atoms with van der Waals surface area (Å²) < 4.78 is 0. The second kappa shape index (κ2) is 5.86. The molecule has 2 saturated carbocycles. The number of allylic oxidation sites excluding steroid dienone is 3. The highest BCUT2D eigenvalue weighted by atomic mass is 16.3. The fraction of sp³-hybridized carbons (Fsp3) is 0.680. The van der Waals surface area contributed by atoms with E-state index < -0.39 is 0 Å². The Bertz CT molecular complexity index is 802. The van der Waals surface area contributed by atoms with Gasteiger partial charge >= 0.3 is 0 Å². The van der Waals surface area contributed by atoms with Crippen molar-refractivity contribution in [2.75, 3.05) is 0 Å². The molecule has 1 heterocycles. The van der Waals surface area contributed by atoms with E-state index in [2.05, 4.69) is 57.1 Å². The molecule has 1 aromatic rings. The van der Waals surface area contributed by atoms with E-state index in [0.29, 0.717) is 16.7 Å². The van der Waals surface area contributed by atoms with Crippen LogP contribution in [0.5, 0.6) is 0 Å². The lowest BCUT2D eigenvalue weighted by Gasteiger charge is -2.59. The van der Waals surface area contributed by atoms with Crippen LogP contribution in [0.1, 0.15) is 71.9 Å². The van der Waals surface area contributed by atoms with Crippen molar-refractivity contribution in [3.63, 3.8) is 0 Å². The van der Waals surface area contributed by atoms with Crippen molar-refractivity contribution in [2.24, 2.45) is 34.5 Å². The zero-order chi connectivity index (χ0) is 19.0. The van der Waals surface area contributed by atoms with Crippen molar-refractivity contribution in [3.05, 3.63) is 41.2 Å². The lowest BCUT2D eigenvalue weighted by Crippen LogP contribution is -2.52. The third-order valence-electron chi connectivity index (χ3n) is 9.19. The van der Waals surface area contributed by atoms with Crippen LogP contribution in [0.2, 0.25) is 0 Å².